The van der Waals surface area contributed by atoms with Gasteiger partial charge in [0.1, 0.15) is 23.9 Å². The lowest BCUT2D eigenvalue weighted by Crippen LogP contribution is -2.44. The maximum absolute atomic E-state index is 12.2. The van der Waals surface area contributed by atoms with Crippen molar-refractivity contribution in [2.24, 2.45) is 0 Å². The number of aromatic nitrogens is 2. The van der Waals surface area contributed by atoms with E-state index in [1.807, 2.05) is 44.7 Å². The van der Waals surface area contributed by atoms with Crippen molar-refractivity contribution in [1.29, 1.82) is 0 Å². The standard InChI is InChI=1S/C23H32N4O3S/c1-16(2)31-19-8-6-17(7-9-19)26-20-14-21(25-15-24-20)29-18-10-12-27(13-11-18)22(28)30-23(3,4)5/h6-9,14-16,18H,10-13H2,1-5H3,(H,24,25,26). The quantitative estimate of drug-likeness (QED) is 0.590. The van der Waals surface area contributed by atoms with E-state index in [2.05, 4.69) is 41.3 Å². The minimum absolute atomic E-state index is 0.00813. The normalized spacial score (nSPS) is 15.1. The lowest BCUT2D eigenvalue weighted by atomic mass is 10.1. The van der Waals surface area contributed by atoms with E-state index in [1.54, 1.807) is 11.0 Å². The molecule has 0 unspecified atom stereocenters. The number of piperidine rings is 1. The molecule has 3 rings (SSSR count). The van der Waals surface area contributed by atoms with Crippen LogP contribution in [0.4, 0.5) is 16.3 Å². The molecule has 0 aliphatic carbocycles. The van der Waals surface area contributed by atoms with E-state index in [9.17, 15) is 4.79 Å². The van der Waals surface area contributed by atoms with E-state index in [1.165, 1.54) is 11.2 Å². The number of hydrogen-bond donors (Lipinski definition) is 1. The van der Waals surface area contributed by atoms with E-state index >= 15 is 0 Å². The van der Waals surface area contributed by atoms with Gasteiger partial charge in [0.25, 0.3) is 0 Å². The molecule has 7 nitrogen and oxygen atoms in total. The molecular weight excluding hydrogens is 412 g/mol. The van der Waals surface area contributed by atoms with Crippen molar-refractivity contribution in [1.82, 2.24) is 14.9 Å². The molecule has 31 heavy (non-hydrogen) atoms. The van der Waals surface area contributed by atoms with Crippen molar-refractivity contribution in [2.45, 2.75) is 69.3 Å². The summed E-state index contributed by atoms with van der Waals surface area (Å²) in [4.78, 5) is 23.7. The first-order valence-corrected chi connectivity index (χ1v) is 11.6. The van der Waals surface area contributed by atoms with Crippen LogP contribution in [0, 0.1) is 0 Å². The van der Waals surface area contributed by atoms with E-state index in [-0.39, 0.29) is 12.2 Å². The van der Waals surface area contributed by atoms with Gasteiger partial charge in [-0.2, -0.15) is 0 Å². The Hall–Kier alpha value is -2.48. The number of ether oxygens (including phenoxy) is 2. The summed E-state index contributed by atoms with van der Waals surface area (Å²) in [7, 11) is 0. The fraction of sp³-hybridized carbons (Fsp3) is 0.522. The molecule has 1 aromatic carbocycles. The second-order valence-corrected chi connectivity index (χ2v) is 10.5. The van der Waals surface area contributed by atoms with Crippen LogP contribution in [0.5, 0.6) is 5.88 Å². The van der Waals surface area contributed by atoms with Gasteiger partial charge in [-0.25, -0.2) is 14.8 Å². The fourth-order valence-corrected chi connectivity index (χ4v) is 4.00. The number of benzene rings is 1. The van der Waals surface area contributed by atoms with E-state index in [0.29, 0.717) is 30.0 Å². The topological polar surface area (TPSA) is 76.6 Å². The average molecular weight is 445 g/mol. The maximum Gasteiger partial charge on any atom is 0.410 e. The second kappa shape index (κ2) is 10.2. The van der Waals surface area contributed by atoms with Crippen LogP contribution >= 0.6 is 11.8 Å². The highest BCUT2D eigenvalue weighted by Crippen LogP contribution is 2.26. The second-order valence-electron chi connectivity index (χ2n) is 8.84. The lowest BCUT2D eigenvalue weighted by Gasteiger charge is -2.33. The monoisotopic (exact) mass is 444 g/mol. The first kappa shape index (κ1) is 23.2. The van der Waals surface area contributed by atoms with Crippen molar-refractivity contribution < 1.29 is 14.3 Å². The highest BCUT2D eigenvalue weighted by molar-refractivity contribution is 7.99. The lowest BCUT2D eigenvalue weighted by molar-refractivity contribution is 0.0123. The highest BCUT2D eigenvalue weighted by Gasteiger charge is 2.27. The number of nitrogens with one attached hydrogen (secondary N) is 1. The molecule has 1 aliphatic heterocycles. The molecule has 1 aliphatic rings. The van der Waals surface area contributed by atoms with Gasteiger partial charge < -0.3 is 19.7 Å². The molecule has 1 N–H and O–H groups in total. The van der Waals surface area contributed by atoms with Crippen LogP contribution in [0.15, 0.2) is 41.6 Å². The van der Waals surface area contributed by atoms with Gasteiger partial charge in [-0.15, -0.1) is 11.8 Å². The number of carbonyl (C=O) groups is 1. The van der Waals surface area contributed by atoms with Gasteiger partial charge in [-0.3, -0.25) is 0 Å². The number of thioether (sulfide) groups is 1. The Morgan fingerprint density at radius 3 is 2.45 bits per heavy atom. The number of likely N-dealkylation sites (tertiary alicyclic amines) is 1. The molecule has 1 aromatic heterocycles. The molecule has 168 valence electrons. The molecule has 0 spiro atoms. The smallest absolute Gasteiger partial charge is 0.410 e. The molecular formula is C23H32N4O3S. The SMILES string of the molecule is CC(C)Sc1ccc(Nc2cc(OC3CCN(C(=O)OC(C)(C)C)CC3)ncn2)cc1. The Morgan fingerprint density at radius 1 is 1.16 bits per heavy atom. The van der Waals surface area contributed by atoms with Crippen LogP contribution < -0.4 is 10.1 Å². The van der Waals surface area contributed by atoms with Gasteiger partial charge in [0.2, 0.25) is 5.88 Å². The summed E-state index contributed by atoms with van der Waals surface area (Å²) in [5, 5.41) is 3.85. The third-order valence-corrected chi connectivity index (χ3v) is 5.54. The predicted octanol–water partition coefficient (Wildman–Crippen LogP) is 5.50. The minimum Gasteiger partial charge on any atom is -0.474 e. The summed E-state index contributed by atoms with van der Waals surface area (Å²) in [5.74, 6) is 1.21. The molecule has 1 saturated heterocycles. The van der Waals surface area contributed by atoms with Crippen molar-refractivity contribution in [3.8, 4) is 5.88 Å². The van der Waals surface area contributed by atoms with Gasteiger partial charge in [0.05, 0.1) is 0 Å². The molecule has 1 amide bonds. The molecule has 1 fully saturated rings. The number of anilines is 2. The average Bonchev–Trinajstić information content (AvgIpc) is 2.69. The van der Waals surface area contributed by atoms with Crippen LogP contribution in [0.25, 0.3) is 0 Å². The number of amides is 1. The Morgan fingerprint density at radius 2 is 1.84 bits per heavy atom. The summed E-state index contributed by atoms with van der Waals surface area (Å²) >= 11 is 1.83. The van der Waals surface area contributed by atoms with Crippen molar-refractivity contribution in [3.05, 3.63) is 36.7 Å². The van der Waals surface area contributed by atoms with Gasteiger partial charge in [0.15, 0.2) is 0 Å². The van der Waals surface area contributed by atoms with Crippen LogP contribution in [0.1, 0.15) is 47.5 Å². The molecule has 0 saturated carbocycles. The first-order chi connectivity index (χ1) is 14.7. The Bertz CT molecular complexity index is 860. The maximum atomic E-state index is 12.2. The number of hydrogen-bond acceptors (Lipinski definition) is 7. The number of nitrogens with zero attached hydrogens (tertiary/aromatic N) is 3. The molecule has 0 radical (unpaired) electrons. The third-order valence-electron chi connectivity index (χ3n) is 4.52. The van der Waals surface area contributed by atoms with E-state index in [4.69, 9.17) is 9.47 Å². The van der Waals surface area contributed by atoms with Gasteiger partial charge in [-0.1, -0.05) is 13.8 Å². The Labute approximate surface area is 188 Å². The number of rotatable bonds is 6. The minimum atomic E-state index is -0.484. The van der Waals surface area contributed by atoms with Crippen LogP contribution in [0.3, 0.4) is 0 Å². The summed E-state index contributed by atoms with van der Waals surface area (Å²) in [6, 6.07) is 10.1. The zero-order valence-electron chi connectivity index (χ0n) is 18.9. The van der Waals surface area contributed by atoms with E-state index < -0.39 is 5.60 Å². The summed E-state index contributed by atoms with van der Waals surface area (Å²) < 4.78 is 11.5. The largest absolute Gasteiger partial charge is 0.474 e. The van der Waals surface area contributed by atoms with Crippen LogP contribution in [0.2, 0.25) is 0 Å². The van der Waals surface area contributed by atoms with Gasteiger partial charge >= 0.3 is 6.09 Å². The Kier molecular flexibility index (Phi) is 7.64. The summed E-state index contributed by atoms with van der Waals surface area (Å²) in [5.41, 5.74) is 0.478. The van der Waals surface area contributed by atoms with Crippen molar-refractivity contribution in [3.63, 3.8) is 0 Å². The van der Waals surface area contributed by atoms with Crippen molar-refractivity contribution in [2.75, 3.05) is 18.4 Å². The zero-order valence-corrected chi connectivity index (χ0v) is 19.7. The summed E-state index contributed by atoms with van der Waals surface area (Å²) in [6.07, 6.45) is 2.71. The zero-order chi connectivity index (χ0) is 22.4. The molecule has 2 heterocycles. The molecule has 2 aromatic rings. The molecule has 0 bridgehead atoms. The third kappa shape index (κ3) is 7.61. The first-order valence-electron chi connectivity index (χ1n) is 10.7. The predicted molar refractivity (Wildman–Crippen MR) is 124 cm³/mol. The fourth-order valence-electron chi connectivity index (χ4n) is 3.16. The molecule has 8 heteroatoms. The van der Waals surface area contributed by atoms with Crippen molar-refractivity contribution >= 4 is 29.4 Å². The van der Waals surface area contributed by atoms with Gasteiger partial charge in [-0.05, 0) is 45.0 Å². The summed E-state index contributed by atoms with van der Waals surface area (Å²) in [6.45, 7) is 11.2. The molecule has 0 atom stereocenters. The van der Waals surface area contributed by atoms with Gasteiger partial charge in [0, 0.05) is 47.8 Å². The van der Waals surface area contributed by atoms with Crippen LogP contribution in [-0.2, 0) is 4.74 Å². The highest BCUT2D eigenvalue weighted by atomic mass is 32.2. The Balaban J connectivity index is 1.51. The van der Waals surface area contributed by atoms with Crippen LogP contribution in [-0.4, -0.2) is 51.0 Å². The number of carbonyl (C=O) groups excluding carboxylic acids is 1. The van der Waals surface area contributed by atoms with E-state index in [0.717, 1.165) is 18.5 Å².